The van der Waals surface area contributed by atoms with Crippen LogP contribution in [0.2, 0.25) is 0 Å². The molecule has 1 rings (SSSR count). The van der Waals surface area contributed by atoms with Gasteiger partial charge >= 0.3 is 0 Å². The third kappa shape index (κ3) is 4.24. The Hall–Kier alpha value is -0.380. The molecule has 3 heteroatoms. The Morgan fingerprint density at radius 1 is 1.38 bits per heavy atom. The molecule has 0 spiro atoms. The van der Waals surface area contributed by atoms with Crippen molar-refractivity contribution in [2.75, 3.05) is 6.61 Å². The first-order valence-electron chi connectivity index (χ1n) is 5.55. The zero-order valence-corrected chi connectivity index (χ0v) is 11.8. The van der Waals surface area contributed by atoms with E-state index in [1.165, 1.54) is 11.1 Å². The molecular weight excluding hydrogens is 266 g/mol. The van der Waals surface area contributed by atoms with Gasteiger partial charge in [-0.1, -0.05) is 28.1 Å². The van der Waals surface area contributed by atoms with Crippen LogP contribution in [0.15, 0.2) is 22.7 Å². The normalized spacial score (nSPS) is 11.8. The van der Waals surface area contributed by atoms with Crippen molar-refractivity contribution in [3.05, 3.63) is 33.8 Å². The van der Waals surface area contributed by atoms with Crippen LogP contribution in [0.4, 0.5) is 0 Å². The molecule has 90 valence electrons. The first-order valence-corrected chi connectivity index (χ1v) is 6.35. The van der Waals surface area contributed by atoms with E-state index in [2.05, 4.69) is 60.2 Å². The fourth-order valence-electron chi connectivity index (χ4n) is 1.53. The molecule has 0 saturated carbocycles. The maximum atomic E-state index is 8.93. The molecule has 0 aliphatic carbocycles. The first-order chi connectivity index (χ1) is 7.44. The topological polar surface area (TPSA) is 32.3 Å². The van der Waals surface area contributed by atoms with Gasteiger partial charge in [0, 0.05) is 23.2 Å². The number of aryl methyl sites for hydroxylation is 1. The molecule has 16 heavy (non-hydrogen) atoms. The fraction of sp³-hybridized carbons (Fsp3) is 0.538. The maximum Gasteiger partial charge on any atom is 0.0448 e. The molecular formula is C13H20BrNO. The lowest BCUT2D eigenvalue weighted by Gasteiger charge is -2.25. The van der Waals surface area contributed by atoms with Gasteiger partial charge in [-0.05, 0) is 44.4 Å². The third-order valence-electron chi connectivity index (χ3n) is 2.73. The predicted molar refractivity (Wildman–Crippen MR) is 71.5 cm³/mol. The van der Waals surface area contributed by atoms with Gasteiger partial charge in [-0.2, -0.15) is 0 Å². The fourth-order valence-corrected chi connectivity index (χ4v) is 1.77. The summed E-state index contributed by atoms with van der Waals surface area (Å²) in [7, 11) is 0. The van der Waals surface area contributed by atoms with E-state index in [1.54, 1.807) is 0 Å². The number of halogens is 1. The van der Waals surface area contributed by atoms with Crippen molar-refractivity contribution in [3.63, 3.8) is 0 Å². The number of aliphatic hydroxyl groups excluding tert-OH is 1. The summed E-state index contributed by atoms with van der Waals surface area (Å²) in [4.78, 5) is 0. The van der Waals surface area contributed by atoms with Gasteiger partial charge in [-0.25, -0.2) is 0 Å². The average Bonchev–Trinajstić information content (AvgIpc) is 2.20. The molecule has 0 aromatic heterocycles. The summed E-state index contributed by atoms with van der Waals surface area (Å²) in [6, 6.07) is 6.36. The van der Waals surface area contributed by atoms with Crippen molar-refractivity contribution in [1.82, 2.24) is 5.32 Å². The van der Waals surface area contributed by atoms with Crippen LogP contribution in [0.25, 0.3) is 0 Å². The summed E-state index contributed by atoms with van der Waals surface area (Å²) in [5.41, 5.74) is 2.50. The van der Waals surface area contributed by atoms with E-state index in [0.29, 0.717) is 0 Å². The summed E-state index contributed by atoms with van der Waals surface area (Å²) in [6.45, 7) is 7.36. The SMILES string of the molecule is Cc1cc(CNC(C)(C)CCO)ccc1Br. The second kappa shape index (κ2) is 5.80. The third-order valence-corrected chi connectivity index (χ3v) is 3.62. The van der Waals surface area contributed by atoms with Gasteiger partial charge in [0.1, 0.15) is 0 Å². The monoisotopic (exact) mass is 285 g/mol. The van der Waals surface area contributed by atoms with Gasteiger partial charge in [0.2, 0.25) is 0 Å². The molecule has 0 aliphatic rings. The number of hydrogen-bond donors (Lipinski definition) is 2. The smallest absolute Gasteiger partial charge is 0.0448 e. The standard InChI is InChI=1S/C13H20BrNO/c1-10-8-11(4-5-12(10)14)9-15-13(2,3)6-7-16/h4-5,8,15-16H,6-7,9H2,1-3H3. The van der Waals surface area contributed by atoms with E-state index in [-0.39, 0.29) is 12.1 Å². The van der Waals surface area contributed by atoms with Crippen LogP contribution in [0.3, 0.4) is 0 Å². The number of rotatable bonds is 5. The van der Waals surface area contributed by atoms with E-state index in [1.807, 2.05) is 0 Å². The molecule has 0 atom stereocenters. The van der Waals surface area contributed by atoms with Crippen molar-refractivity contribution in [2.45, 2.75) is 39.3 Å². The lowest BCUT2D eigenvalue weighted by atomic mass is 10.0. The number of hydrogen-bond acceptors (Lipinski definition) is 2. The minimum absolute atomic E-state index is 0.0181. The highest BCUT2D eigenvalue weighted by Crippen LogP contribution is 2.17. The number of aliphatic hydroxyl groups is 1. The van der Waals surface area contributed by atoms with Crippen molar-refractivity contribution >= 4 is 15.9 Å². The first kappa shape index (κ1) is 13.7. The molecule has 1 aromatic carbocycles. The van der Waals surface area contributed by atoms with E-state index >= 15 is 0 Å². The molecule has 0 heterocycles. The van der Waals surface area contributed by atoms with E-state index in [0.717, 1.165) is 17.4 Å². The number of benzene rings is 1. The van der Waals surface area contributed by atoms with Gasteiger partial charge in [0.05, 0.1) is 0 Å². The van der Waals surface area contributed by atoms with Crippen LogP contribution < -0.4 is 5.32 Å². The molecule has 0 unspecified atom stereocenters. The molecule has 0 saturated heterocycles. The predicted octanol–water partition coefficient (Wildman–Crippen LogP) is 3.01. The highest BCUT2D eigenvalue weighted by Gasteiger charge is 2.15. The van der Waals surface area contributed by atoms with Crippen molar-refractivity contribution in [2.24, 2.45) is 0 Å². The minimum atomic E-state index is -0.0181. The second-order valence-corrected chi connectivity index (χ2v) is 5.65. The Morgan fingerprint density at radius 2 is 2.06 bits per heavy atom. The quantitative estimate of drug-likeness (QED) is 0.872. The van der Waals surface area contributed by atoms with Gasteiger partial charge in [-0.15, -0.1) is 0 Å². The molecule has 0 fully saturated rings. The Balaban J connectivity index is 2.57. The summed E-state index contributed by atoms with van der Waals surface area (Å²) in [5, 5.41) is 12.4. The maximum absolute atomic E-state index is 8.93. The van der Waals surface area contributed by atoms with Crippen LogP contribution >= 0.6 is 15.9 Å². The van der Waals surface area contributed by atoms with E-state index < -0.39 is 0 Å². The summed E-state index contributed by atoms with van der Waals surface area (Å²) >= 11 is 3.49. The largest absolute Gasteiger partial charge is 0.396 e. The van der Waals surface area contributed by atoms with Crippen LogP contribution in [0, 0.1) is 6.92 Å². The molecule has 2 nitrogen and oxygen atoms in total. The molecule has 1 aromatic rings. The zero-order chi connectivity index (χ0) is 12.2. The Kier molecular flexibility index (Phi) is 4.96. The molecule has 0 amide bonds. The van der Waals surface area contributed by atoms with Crippen LogP contribution in [0.5, 0.6) is 0 Å². The van der Waals surface area contributed by atoms with Crippen molar-refractivity contribution < 1.29 is 5.11 Å². The molecule has 0 aliphatic heterocycles. The van der Waals surface area contributed by atoms with Gasteiger partial charge in [0.15, 0.2) is 0 Å². The molecule has 0 bridgehead atoms. The van der Waals surface area contributed by atoms with Crippen molar-refractivity contribution in [3.8, 4) is 0 Å². The average molecular weight is 286 g/mol. The zero-order valence-electron chi connectivity index (χ0n) is 10.2. The lowest BCUT2D eigenvalue weighted by Crippen LogP contribution is -2.39. The van der Waals surface area contributed by atoms with E-state index in [9.17, 15) is 0 Å². The molecule has 2 N–H and O–H groups in total. The van der Waals surface area contributed by atoms with Gasteiger partial charge in [-0.3, -0.25) is 0 Å². The van der Waals surface area contributed by atoms with E-state index in [4.69, 9.17) is 5.11 Å². The Morgan fingerprint density at radius 3 is 2.62 bits per heavy atom. The van der Waals surface area contributed by atoms with Crippen LogP contribution in [0.1, 0.15) is 31.4 Å². The highest BCUT2D eigenvalue weighted by molar-refractivity contribution is 9.10. The lowest BCUT2D eigenvalue weighted by molar-refractivity contribution is 0.230. The summed E-state index contributed by atoms with van der Waals surface area (Å²) in [6.07, 6.45) is 0.766. The van der Waals surface area contributed by atoms with Crippen LogP contribution in [-0.4, -0.2) is 17.3 Å². The summed E-state index contributed by atoms with van der Waals surface area (Å²) < 4.78 is 1.14. The van der Waals surface area contributed by atoms with Gasteiger partial charge in [0.25, 0.3) is 0 Å². The van der Waals surface area contributed by atoms with Crippen molar-refractivity contribution in [1.29, 1.82) is 0 Å². The van der Waals surface area contributed by atoms with Gasteiger partial charge < -0.3 is 10.4 Å². The highest BCUT2D eigenvalue weighted by atomic mass is 79.9. The second-order valence-electron chi connectivity index (χ2n) is 4.79. The minimum Gasteiger partial charge on any atom is -0.396 e. The molecule has 0 radical (unpaired) electrons. The van der Waals surface area contributed by atoms with Crippen LogP contribution in [-0.2, 0) is 6.54 Å². The number of nitrogens with one attached hydrogen (secondary N) is 1. The Bertz CT molecular complexity index is 350. The Labute approximate surface area is 106 Å². The summed E-state index contributed by atoms with van der Waals surface area (Å²) in [5.74, 6) is 0.